The molecule has 1 aromatic rings. The number of nitrogens with zero attached hydrogens (tertiary/aromatic N) is 7. The number of carbonyl (C=O) groups is 1. The van der Waals surface area contributed by atoms with Crippen molar-refractivity contribution in [2.75, 3.05) is 31.1 Å². The van der Waals surface area contributed by atoms with Crippen molar-refractivity contribution < 1.29 is 4.79 Å². The summed E-state index contributed by atoms with van der Waals surface area (Å²) in [4.78, 5) is 20.3. The second-order valence-electron chi connectivity index (χ2n) is 4.87. The van der Waals surface area contributed by atoms with E-state index in [0.29, 0.717) is 23.9 Å². The Bertz CT molecular complexity index is 792. The molecule has 2 rings (SSSR count). The summed E-state index contributed by atoms with van der Waals surface area (Å²) in [5, 5.41) is 15.7. The van der Waals surface area contributed by atoms with Crippen molar-refractivity contribution in [1.29, 1.82) is 5.26 Å². The number of rotatable bonds is 4. The van der Waals surface area contributed by atoms with Crippen LogP contribution in [0.15, 0.2) is 11.2 Å². The summed E-state index contributed by atoms with van der Waals surface area (Å²) in [7, 11) is 0. The van der Waals surface area contributed by atoms with Gasteiger partial charge in [-0.15, -0.1) is 5.92 Å². The standard InChI is InChI=1S/C15H16N8O/c1-2-3-8-23-13(11-16)12(4-5-14(24)20-21-17)19-15(23)22-9-6-18-7-10-22/h4-5,18H,6-10H2,1H3. The van der Waals surface area contributed by atoms with Crippen LogP contribution in [0.1, 0.15) is 18.3 Å². The minimum atomic E-state index is -0.743. The molecule has 0 saturated carbocycles. The Morgan fingerprint density at radius 2 is 2.29 bits per heavy atom. The van der Waals surface area contributed by atoms with E-state index in [0.717, 1.165) is 32.3 Å². The van der Waals surface area contributed by atoms with Gasteiger partial charge in [-0.3, -0.25) is 9.36 Å². The van der Waals surface area contributed by atoms with Crippen LogP contribution in [0.4, 0.5) is 5.95 Å². The lowest BCUT2D eigenvalue weighted by molar-refractivity contribution is -0.113. The monoisotopic (exact) mass is 324 g/mol. The molecule has 9 heteroatoms. The van der Waals surface area contributed by atoms with Gasteiger partial charge < -0.3 is 10.2 Å². The predicted molar refractivity (Wildman–Crippen MR) is 88.7 cm³/mol. The molecule has 0 unspecified atom stereocenters. The molecule has 1 N–H and O–H groups in total. The number of anilines is 1. The van der Waals surface area contributed by atoms with Gasteiger partial charge in [0, 0.05) is 31.1 Å². The minimum absolute atomic E-state index is 0.316. The Kier molecular flexibility index (Phi) is 5.98. The van der Waals surface area contributed by atoms with E-state index < -0.39 is 5.91 Å². The van der Waals surface area contributed by atoms with Crippen LogP contribution in [0.25, 0.3) is 16.5 Å². The first kappa shape index (κ1) is 17.1. The predicted octanol–water partition coefficient (Wildman–Crippen LogP) is 1.04. The molecule has 1 aliphatic heterocycles. The number of amides is 1. The van der Waals surface area contributed by atoms with Crippen molar-refractivity contribution in [2.45, 2.75) is 13.5 Å². The summed E-state index contributed by atoms with van der Waals surface area (Å²) < 4.78 is 1.74. The fourth-order valence-corrected chi connectivity index (χ4v) is 2.33. The molecule has 9 nitrogen and oxygen atoms in total. The van der Waals surface area contributed by atoms with Crippen molar-refractivity contribution in [3.63, 3.8) is 0 Å². The van der Waals surface area contributed by atoms with Gasteiger partial charge in [0.2, 0.25) is 11.9 Å². The molecule has 2 heterocycles. The first-order valence-electron chi connectivity index (χ1n) is 7.34. The third-order valence-corrected chi connectivity index (χ3v) is 3.42. The van der Waals surface area contributed by atoms with Crippen molar-refractivity contribution in [3.8, 4) is 17.9 Å². The SMILES string of the molecule is CC#CCn1c(N2CCNCC2)nc(C=CC(=O)N=[N+]=[N-])c1C#N. The van der Waals surface area contributed by atoms with Gasteiger partial charge in [-0.1, -0.05) is 5.92 Å². The average Bonchev–Trinajstić information content (AvgIpc) is 2.96. The third kappa shape index (κ3) is 3.93. The molecule has 0 aliphatic carbocycles. The van der Waals surface area contributed by atoms with Gasteiger partial charge in [-0.05, 0) is 29.7 Å². The van der Waals surface area contributed by atoms with Gasteiger partial charge in [0.25, 0.3) is 0 Å². The van der Waals surface area contributed by atoms with Crippen LogP contribution in [-0.2, 0) is 11.3 Å². The fourth-order valence-electron chi connectivity index (χ4n) is 2.33. The zero-order valence-corrected chi connectivity index (χ0v) is 13.2. The van der Waals surface area contributed by atoms with E-state index in [1.807, 2.05) is 0 Å². The molecular formula is C15H16N8O. The van der Waals surface area contributed by atoms with Crippen molar-refractivity contribution in [3.05, 3.63) is 27.9 Å². The molecule has 24 heavy (non-hydrogen) atoms. The van der Waals surface area contributed by atoms with Crippen LogP contribution < -0.4 is 10.2 Å². The Balaban J connectivity index is 2.44. The second-order valence-corrected chi connectivity index (χ2v) is 4.87. The average molecular weight is 324 g/mol. The van der Waals surface area contributed by atoms with Crippen LogP contribution in [0.3, 0.4) is 0 Å². The highest BCUT2D eigenvalue weighted by Crippen LogP contribution is 2.21. The molecule has 122 valence electrons. The molecule has 0 radical (unpaired) electrons. The number of nitrogens with one attached hydrogen (secondary N) is 1. The van der Waals surface area contributed by atoms with Gasteiger partial charge >= 0.3 is 0 Å². The highest BCUT2D eigenvalue weighted by Gasteiger charge is 2.21. The van der Waals surface area contributed by atoms with Crippen molar-refractivity contribution in [2.24, 2.45) is 5.11 Å². The third-order valence-electron chi connectivity index (χ3n) is 3.42. The van der Waals surface area contributed by atoms with E-state index >= 15 is 0 Å². The fraction of sp³-hybridized carbons (Fsp3) is 0.400. The Labute approximate surface area is 139 Å². The molecule has 0 aromatic carbocycles. The van der Waals surface area contributed by atoms with Gasteiger partial charge in [-0.25, -0.2) is 4.98 Å². The Morgan fingerprint density at radius 3 is 2.92 bits per heavy atom. The Morgan fingerprint density at radius 1 is 1.54 bits per heavy atom. The van der Waals surface area contributed by atoms with E-state index in [1.54, 1.807) is 11.5 Å². The van der Waals surface area contributed by atoms with E-state index in [1.165, 1.54) is 6.08 Å². The maximum Gasteiger partial charge on any atom is 0.242 e. The maximum atomic E-state index is 11.3. The number of piperazine rings is 1. The van der Waals surface area contributed by atoms with E-state index in [4.69, 9.17) is 5.53 Å². The van der Waals surface area contributed by atoms with Gasteiger partial charge in [-0.2, -0.15) is 5.26 Å². The highest BCUT2D eigenvalue weighted by atomic mass is 16.1. The summed E-state index contributed by atoms with van der Waals surface area (Å²) in [5.74, 6) is 5.65. The first-order chi connectivity index (χ1) is 11.7. The molecule has 0 spiro atoms. The molecule has 1 aromatic heterocycles. The quantitative estimate of drug-likeness (QED) is 0.291. The number of hydrogen-bond acceptors (Lipinski definition) is 5. The van der Waals surface area contributed by atoms with E-state index in [-0.39, 0.29) is 0 Å². The van der Waals surface area contributed by atoms with E-state index in [9.17, 15) is 10.1 Å². The molecule has 1 fully saturated rings. The highest BCUT2D eigenvalue weighted by molar-refractivity contribution is 5.92. The van der Waals surface area contributed by atoms with E-state index in [2.05, 4.69) is 43.1 Å². The van der Waals surface area contributed by atoms with Crippen LogP contribution in [0.5, 0.6) is 0 Å². The minimum Gasteiger partial charge on any atom is -0.340 e. The zero-order chi connectivity index (χ0) is 17.4. The molecule has 1 aliphatic rings. The lowest BCUT2D eigenvalue weighted by Gasteiger charge is -2.28. The Hall–Kier alpha value is -3.26. The van der Waals surface area contributed by atoms with Crippen LogP contribution in [0, 0.1) is 23.2 Å². The molecular weight excluding hydrogens is 308 g/mol. The summed E-state index contributed by atoms with van der Waals surface area (Å²) in [6, 6.07) is 2.11. The largest absolute Gasteiger partial charge is 0.340 e. The number of nitriles is 1. The lowest BCUT2D eigenvalue weighted by Crippen LogP contribution is -2.44. The van der Waals surface area contributed by atoms with Gasteiger partial charge in [0.1, 0.15) is 17.5 Å². The van der Waals surface area contributed by atoms with Crippen LogP contribution >= 0.6 is 0 Å². The number of imidazole rings is 1. The molecule has 1 saturated heterocycles. The van der Waals surface area contributed by atoms with Gasteiger partial charge in [0.05, 0.1) is 6.54 Å². The normalized spacial score (nSPS) is 13.8. The number of carbonyl (C=O) groups excluding carboxylic acids is 1. The van der Waals surface area contributed by atoms with Crippen molar-refractivity contribution >= 4 is 17.9 Å². The first-order valence-corrected chi connectivity index (χ1v) is 7.34. The molecule has 0 bridgehead atoms. The molecule has 0 atom stereocenters. The lowest BCUT2D eigenvalue weighted by atomic mass is 10.3. The number of azide groups is 1. The summed E-state index contributed by atoms with van der Waals surface area (Å²) in [6.07, 6.45) is 2.48. The van der Waals surface area contributed by atoms with Crippen molar-refractivity contribution in [1.82, 2.24) is 14.9 Å². The van der Waals surface area contributed by atoms with Crippen LogP contribution in [0.2, 0.25) is 0 Å². The smallest absolute Gasteiger partial charge is 0.242 e. The van der Waals surface area contributed by atoms with Gasteiger partial charge in [0.15, 0.2) is 0 Å². The topological polar surface area (TPSA) is 123 Å². The summed E-state index contributed by atoms with van der Waals surface area (Å²) in [6.45, 7) is 5.25. The summed E-state index contributed by atoms with van der Waals surface area (Å²) in [5.41, 5.74) is 8.92. The summed E-state index contributed by atoms with van der Waals surface area (Å²) >= 11 is 0. The molecule has 1 amide bonds. The number of hydrogen-bond donors (Lipinski definition) is 1. The number of aromatic nitrogens is 2. The van der Waals surface area contributed by atoms with Crippen LogP contribution in [-0.4, -0.2) is 41.6 Å². The maximum absolute atomic E-state index is 11.3. The second kappa shape index (κ2) is 8.39. The zero-order valence-electron chi connectivity index (χ0n) is 13.2.